The van der Waals surface area contributed by atoms with Crippen LogP contribution in [0.4, 0.5) is 0 Å². The summed E-state index contributed by atoms with van der Waals surface area (Å²) < 4.78 is 0. The molecule has 0 aromatic rings. The van der Waals surface area contributed by atoms with Gasteiger partial charge in [0.15, 0.2) is 0 Å². The fourth-order valence-electron chi connectivity index (χ4n) is 2.50. The Morgan fingerprint density at radius 1 is 1.47 bits per heavy atom. The monoisotopic (exact) mass is 258 g/mol. The SMILES string of the molecule is CCC(C)C1CN(CCCSC)C(C)(C)CN1. The third-order valence-corrected chi connectivity index (χ3v) is 4.87. The average Bonchev–Trinajstić information content (AvgIpc) is 2.30. The highest BCUT2D eigenvalue weighted by Crippen LogP contribution is 2.22. The molecule has 0 amide bonds. The zero-order chi connectivity index (χ0) is 12.9. The van der Waals surface area contributed by atoms with Crippen LogP contribution < -0.4 is 5.32 Å². The van der Waals surface area contributed by atoms with E-state index in [1.54, 1.807) is 0 Å². The maximum absolute atomic E-state index is 3.73. The minimum Gasteiger partial charge on any atom is -0.311 e. The Bertz CT molecular complexity index is 218. The summed E-state index contributed by atoms with van der Waals surface area (Å²) in [6.45, 7) is 13.0. The fraction of sp³-hybridized carbons (Fsp3) is 1.00. The second-order valence-corrected chi connectivity index (χ2v) is 6.96. The Kier molecular flexibility index (Phi) is 6.32. The van der Waals surface area contributed by atoms with Crippen LogP contribution in [0.25, 0.3) is 0 Å². The van der Waals surface area contributed by atoms with E-state index in [1.807, 2.05) is 11.8 Å². The molecule has 102 valence electrons. The van der Waals surface area contributed by atoms with E-state index in [9.17, 15) is 0 Å². The van der Waals surface area contributed by atoms with E-state index >= 15 is 0 Å². The summed E-state index contributed by atoms with van der Waals surface area (Å²) in [5, 5.41) is 3.73. The lowest BCUT2D eigenvalue weighted by molar-refractivity contribution is 0.0524. The van der Waals surface area contributed by atoms with Crippen LogP contribution in [-0.2, 0) is 0 Å². The van der Waals surface area contributed by atoms with E-state index in [0.717, 1.165) is 12.5 Å². The Morgan fingerprint density at radius 3 is 2.76 bits per heavy atom. The van der Waals surface area contributed by atoms with E-state index in [-0.39, 0.29) is 0 Å². The highest BCUT2D eigenvalue weighted by atomic mass is 32.2. The molecule has 17 heavy (non-hydrogen) atoms. The first-order valence-electron chi connectivity index (χ1n) is 6.98. The van der Waals surface area contributed by atoms with Crippen molar-refractivity contribution >= 4 is 11.8 Å². The van der Waals surface area contributed by atoms with Crippen molar-refractivity contribution < 1.29 is 0 Å². The van der Waals surface area contributed by atoms with Gasteiger partial charge in [-0.05, 0) is 44.7 Å². The van der Waals surface area contributed by atoms with Gasteiger partial charge in [-0.15, -0.1) is 0 Å². The molecule has 1 saturated heterocycles. The third-order valence-electron chi connectivity index (χ3n) is 4.18. The Labute approximate surface area is 112 Å². The van der Waals surface area contributed by atoms with Crippen molar-refractivity contribution in [3.05, 3.63) is 0 Å². The average molecular weight is 258 g/mol. The number of piperazine rings is 1. The van der Waals surface area contributed by atoms with Crippen LogP contribution >= 0.6 is 11.8 Å². The molecule has 0 aromatic carbocycles. The molecule has 1 fully saturated rings. The summed E-state index contributed by atoms with van der Waals surface area (Å²) in [5.74, 6) is 2.07. The van der Waals surface area contributed by atoms with E-state index in [1.165, 1.54) is 31.7 Å². The van der Waals surface area contributed by atoms with Crippen LogP contribution in [0.3, 0.4) is 0 Å². The summed E-state index contributed by atoms with van der Waals surface area (Å²) >= 11 is 1.96. The molecule has 1 rings (SSSR count). The summed E-state index contributed by atoms with van der Waals surface area (Å²) in [6.07, 6.45) is 4.79. The molecule has 0 saturated carbocycles. The van der Waals surface area contributed by atoms with Crippen molar-refractivity contribution in [2.24, 2.45) is 5.92 Å². The summed E-state index contributed by atoms with van der Waals surface area (Å²) in [6, 6.07) is 0.683. The first-order valence-corrected chi connectivity index (χ1v) is 8.38. The molecule has 0 radical (unpaired) electrons. The van der Waals surface area contributed by atoms with Gasteiger partial charge < -0.3 is 5.32 Å². The standard InChI is InChI=1S/C14H30N2S/c1-6-12(2)13-10-16(8-7-9-17-5)14(3,4)11-15-13/h12-13,15H,6-11H2,1-5H3. The Balaban J connectivity index is 2.50. The molecule has 0 aromatic heterocycles. The zero-order valence-corrected chi connectivity index (χ0v) is 13.1. The lowest BCUT2D eigenvalue weighted by Crippen LogP contribution is -2.63. The van der Waals surface area contributed by atoms with Gasteiger partial charge in [0.2, 0.25) is 0 Å². The lowest BCUT2D eigenvalue weighted by Gasteiger charge is -2.47. The van der Waals surface area contributed by atoms with Crippen LogP contribution in [0, 0.1) is 5.92 Å². The Hall–Kier alpha value is 0.270. The van der Waals surface area contributed by atoms with Crippen LogP contribution in [0.1, 0.15) is 40.5 Å². The van der Waals surface area contributed by atoms with Crippen LogP contribution in [0.5, 0.6) is 0 Å². The van der Waals surface area contributed by atoms with E-state index in [2.05, 4.69) is 44.2 Å². The highest BCUT2D eigenvalue weighted by Gasteiger charge is 2.34. The van der Waals surface area contributed by atoms with Gasteiger partial charge in [-0.3, -0.25) is 4.90 Å². The summed E-state index contributed by atoms with van der Waals surface area (Å²) in [5.41, 5.74) is 0.322. The molecule has 1 heterocycles. The molecule has 1 aliphatic heterocycles. The van der Waals surface area contributed by atoms with Crippen molar-refractivity contribution in [1.29, 1.82) is 0 Å². The number of hydrogen-bond acceptors (Lipinski definition) is 3. The number of nitrogens with zero attached hydrogens (tertiary/aromatic N) is 1. The maximum atomic E-state index is 3.73. The zero-order valence-electron chi connectivity index (χ0n) is 12.3. The van der Waals surface area contributed by atoms with Crippen LogP contribution in [0.15, 0.2) is 0 Å². The molecule has 0 bridgehead atoms. The highest BCUT2D eigenvalue weighted by molar-refractivity contribution is 7.98. The molecule has 2 unspecified atom stereocenters. The van der Waals surface area contributed by atoms with Crippen LogP contribution in [0.2, 0.25) is 0 Å². The van der Waals surface area contributed by atoms with E-state index in [4.69, 9.17) is 0 Å². The second-order valence-electron chi connectivity index (χ2n) is 5.98. The van der Waals surface area contributed by atoms with Gasteiger partial charge >= 0.3 is 0 Å². The predicted octanol–water partition coefficient (Wildman–Crippen LogP) is 2.84. The predicted molar refractivity (Wildman–Crippen MR) is 79.9 cm³/mol. The van der Waals surface area contributed by atoms with Crippen molar-refractivity contribution in [1.82, 2.24) is 10.2 Å². The van der Waals surface area contributed by atoms with E-state index < -0.39 is 0 Å². The molecule has 0 aliphatic carbocycles. The summed E-state index contributed by atoms with van der Waals surface area (Å²) in [7, 11) is 0. The molecule has 0 spiro atoms. The van der Waals surface area contributed by atoms with Gasteiger partial charge in [0.25, 0.3) is 0 Å². The molecule has 3 heteroatoms. The van der Waals surface area contributed by atoms with Gasteiger partial charge in [0.1, 0.15) is 0 Å². The largest absolute Gasteiger partial charge is 0.311 e. The number of rotatable bonds is 6. The van der Waals surface area contributed by atoms with Crippen LogP contribution in [-0.4, -0.2) is 48.1 Å². The van der Waals surface area contributed by atoms with Gasteiger partial charge in [-0.25, -0.2) is 0 Å². The minimum atomic E-state index is 0.322. The lowest BCUT2D eigenvalue weighted by atomic mass is 9.91. The van der Waals surface area contributed by atoms with Crippen molar-refractivity contribution in [2.45, 2.75) is 52.1 Å². The van der Waals surface area contributed by atoms with E-state index in [0.29, 0.717) is 11.6 Å². The third kappa shape index (κ3) is 4.46. The minimum absolute atomic E-state index is 0.322. The smallest absolute Gasteiger partial charge is 0.0278 e. The molecule has 2 atom stereocenters. The van der Waals surface area contributed by atoms with Gasteiger partial charge in [0, 0.05) is 24.7 Å². The van der Waals surface area contributed by atoms with Crippen molar-refractivity contribution in [3.8, 4) is 0 Å². The maximum Gasteiger partial charge on any atom is 0.0278 e. The number of nitrogens with one attached hydrogen (secondary N) is 1. The molecular weight excluding hydrogens is 228 g/mol. The Morgan fingerprint density at radius 2 is 2.18 bits per heavy atom. The van der Waals surface area contributed by atoms with Gasteiger partial charge in [-0.1, -0.05) is 20.3 Å². The summed E-state index contributed by atoms with van der Waals surface area (Å²) in [4.78, 5) is 2.69. The number of hydrogen-bond donors (Lipinski definition) is 1. The second kappa shape index (κ2) is 7.01. The first-order chi connectivity index (χ1) is 8.01. The molecule has 2 nitrogen and oxygen atoms in total. The van der Waals surface area contributed by atoms with Crippen molar-refractivity contribution in [2.75, 3.05) is 31.6 Å². The molecule has 1 aliphatic rings. The van der Waals surface area contributed by atoms with Gasteiger partial charge in [0.05, 0.1) is 0 Å². The quantitative estimate of drug-likeness (QED) is 0.738. The van der Waals surface area contributed by atoms with Gasteiger partial charge in [-0.2, -0.15) is 11.8 Å². The van der Waals surface area contributed by atoms with Crippen molar-refractivity contribution in [3.63, 3.8) is 0 Å². The first kappa shape index (κ1) is 15.3. The molecule has 1 N–H and O–H groups in total. The topological polar surface area (TPSA) is 15.3 Å². The fourth-order valence-corrected chi connectivity index (χ4v) is 2.92. The number of thioether (sulfide) groups is 1. The normalized spacial score (nSPS) is 27.0. The molecular formula is C14H30N2S.